The number of aliphatic imine (C=N–C) groups is 2. The highest BCUT2D eigenvalue weighted by Gasteiger charge is 2.48. The van der Waals surface area contributed by atoms with E-state index in [1.165, 1.54) is 51.8 Å². The Hall–Kier alpha value is -7.34. The molecular formula is C65H72N6O6. The number of nitrogens with one attached hydrogen (secondary N) is 2. The Labute approximate surface area is 453 Å². The van der Waals surface area contributed by atoms with E-state index in [1.54, 1.807) is 48.5 Å². The molecule has 4 aliphatic heterocycles. The molecule has 2 aliphatic carbocycles. The molecule has 398 valence electrons. The first-order chi connectivity index (χ1) is 36.9. The molecule has 4 heterocycles. The number of para-hydroxylation sites is 2. The third-order valence-corrected chi connectivity index (χ3v) is 17.1. The minimum absolute atomic E-state index is 0.111. The number of nitrogens with zero attached hydrogens (tertiary/aromatic N) is 4. The zero-order valence-corrected chi connectivity index (χ0v) is 45.8. The van der Waals surface area contributed by atoms with Crippen molar-refractivity contribution in [3.8, 4) is 33.8 Å². The van der Waals surface area contributed by atoms with Crippen LogP contribution in [0.2, 0.25) is 0 Å². The Morgan fingerprint density at radius 1 is 0.610 bits per heavy atom. The molecule has 6 aliphatic rings. The standard InChI is InChI=1S/C65H72N6O6/c1-38(2)58(68-62(74)76-46-15-11-9-12-16-46)60(72)70-36-64(5,6)33-55(70)53-32-45(35-66-53)40-19-21-41(22-20-40)49-27-26-48(51-30-43-23-25-50(43)57(49)51)42-24-28-52-44(29-42)31-54(67-52)56-34-65(7,8)37-71(56)61(73)59(39(3)4)69-63(75)77-47-17-13-10-14-18-47/h9-22,24,26-29,35,38-39,43,50,55-56,58-59H,23,25,30-34,36-37H2,1-8H3,(H,68,74)(H,69,75)/t43?,50?,55-,56-,58-,59-/m0/s1. The van der Waals surface area contributed by atoms with E-state index in [4.69, 9.17) is 19.5 Å². The number of hydrogen-bond donors (Lipinski definition) is 2. The van der Waals surface area contributed by atoms with Crippen LogP contribution in [-0.2, 0) is 22.4 Å². The fourth-order valence-corrected chi connectivity index (χ4v) is 13.0. The van der Waals surface area contributed by atoms with Gasteiger partial charge in [0, 0.05) is 43.6 Å². The highest BCUT2D eigenvalue weighted by atomic mass is 16.6. The van der Waals surface area contributed by atoms with Gasteiger partial charge in [0.1, 0.15) is 23.6 Å². The van der Waals surface area contributed by atoms with Gasteiger partial charge < -0.3 is 29.9 Å². The van der Waals surface area contributed by atoms with Gasteiger partial charge in [0.05, 0.1) is 17.8 Å². The number of rotatable bonds is 13. The average molecular weight is 1030 g/mol. The van der Waals surface area contributed by atoms with Crippen molar-refractivity contribution in [2.45, 2.75) is 130 Å². The van der Waals surface area contributed by atoms with Crippen molar-refractivity contribution < 1.29 is 28.7 Å². The zero-order valence-electron chi connectivity index (χ0n) is 45.8. The first kappa shape index (κ1) is 51.8. The topological polar surface area (TPSA) is 142 Å². The number of fused-ring (bicyclic) bond motifs is 4. The van der Waals surface area contributed by atoms with Crippen molar-refractivity contribution in [2.75, 3.05) is 13.1 Å². The number of amides is 4. The van der Waals surface area contributed by atoms with Gasteiger partial charge >= 0.3 is 12.2 Å². The van der Waals surface area contributed by atoms with Gasteiger partial charge in [-0.2, -0.15) is 0 Å². The number of likely N-dealkylation sites (tertiary alicyclic amines) is 2. The molecule has 0 spiro atoms. The van der Waals surface area contributed by atoms with E-state index in [0.29, 0.717) is 49.3 Å². The third kappa shape index (κ3) is 10.5. The van der Waals surface area contributed by atoms with Crippen LogP contribution in [0.25, 0.3) is 27.8 Å². The molecule has 2 N–H and O–H groups in total. The van der Waals surface area contributed by atoms with E-state index < -0.39 is 24.3 Å². The number of carbonyl (C=O) groups is 4. The Balaban J connectivity index is 0.772. The summed E-state index contributed by atoms with van der Waals surface area (Å²) in [5, 5.41) is 5.77. The van der Waals surface area contributed by atoms with Crippen LogP contribution in [0.15, 0.2) is 131 Å². The van der Waals surface area contributed by atoms with Gasteiger partial charge in [-0.15, -0.1) is 0 Å². The normalized spacial score (nSPS) is 22.3. The van der Waals surface area contributed by atoms with Crippen LogP contribution in [0, 0.1) is 28.6 Å². The second-order valence-corrected chi connectivity index (χ2v) is 24.7. The second kappa shape index (κ2) is 20.6. The van der Waals surface area contributed by atoms with E-state index in [-0.39, 0.29) is 46.6 Å². The Kier molecular flexibility index (Phi) is 13.8. The maximum absolute atomic E-state index is 14.5. The lowest BCUT2D eigenvalue weighted by Crippen LogP contribution is -2.54. The minimum Gasteiger partial charge on any atom is -0.410 e. The summed E-state index contributed by atoms with van der Waals surface area (Å²) in [5.41, 5.74) is 14.1. The van der Waals surface area contributed by atoms with Crippen LogP contribution in [0.3, 0.4) is 0 Å². The van der Waals surface area contributed by atoms with E-state index in [2.05, 4.69) is 92.9 Å². The fraction of sp³-hybridized carbons (Fsp3) is 0.415. The number of ether oxygens (including phenoxy) is 2. The van der Waals surface area contributed by atoms with Crippen molar-refractivity contribution in [1.29, 1.82) is 0 Å². The molecule has 4 amide bonds. The Morgan fingerprint density at radius 2 is 1.14 bits per heavy atom. The lowest BCUT2D eigenvalue weighted by Gasteiger charge is -2.31. The SMILES string of the molecule is CC(C)[C@H](NC(=O)Oc1ccccc1)C(=O)N1CC(C)(C)C[C@H]1C1=NC=C(c2ccc(-c3ccc(-c4ccc5c(c4)CC([C@@H]4CC(C)(C)CN4C(=O)[C@@H](NC(=O)Oc4ccccc4)C(C)C)=N5)c4c3C3CCC3C4)cc2)C1. The summed E-state index contributed by atoms with van der Waals surface area (Å²) in [6.45, 7) is 17.7. The number of allylic oxidation sites excluding steroid dienone is 1. The van der Waals surface area contributed by atoms with Crippen LogP contribution < -0.4 is 20.1 Å². The lowest BCUT2D eigenvalue weighted by molar-refractivity contribution is -0.135. The summed E-state index contributed by atoms with van der Waals surface area (Å²) in [4.78, 5) is 69.1. The monoisotopic (exact) mass is 1030 g/mol. The van der Waals surface area contributed by atoms with Crippen molar-refractivity contribution in [3.63, 3.8) is 0 Å². The molecule has 0 radical (unpaired) electrons. The van der Waals surface area contributed by atoms with Gasteiger partial charge in [-0.1, -0.05) is 134 Å². The van der Waals surface area contributed by atoms with E-state index in [1.807, 2.05) is 55.8 Å². The van der Waals surface area contributed by atoms with Crippen LogP contribution in [0.1, 0.15) is 116 Å². The Bertz CT molecular complexity index is 3210. The van der Waals surface area contributed by atoms with Crippen LogP contribution in [-0.4, -0.2) is 82.5 Å². The number of benzene rings is 5. The van der Waals surface area contributed by atoms with Gasteiger partial charge in [0.15, 0.2) is 0 Å². The summed E-state index contributed by atoms with van der Waals surface area (Å²) in [5.74, 6) is 1.53. The molecule has 2 unspecified atom stereocenters. The van der Waals surface area contributed by atoms with Crippen molar-refractivity contribution in [2.24, 2.45) is 38.6 Å². The second-order valence-electron chi connectivity index (χ2n) is 24.7. The highest BCUT2D eigenvalue weighted by molar-refractivity contribution is 6.04. The molecule has 5 aromatic carbocycles. The van der Waals surface area contributed by atoms with Crippen molar-refractivity contribution in [1.82, 2.24) is 20.4 Å². The van der Waals surface area contributed by atoms with Gasteiger partial charge in [-0.3, -0.25) is 19.6 Å². The fourth-order valence-electron chi connectivity index (χ4n) is 13.0. The van der Waals surface area contributed by atoms with Crippen LogP contribution >= 0.6 is 0 Å². The van der Waals surface area contributed by atoms with Crippen molar-refractivity contribution >= 4 is 46.7 Å². The summed E-state index contributed by atoms with van der Waals surface area (Å²) >= 11 is 0. The molecule has 2 saturated heterocycles. The molecule has 1 saturated carbocycles. The maximum atomic E-state index is 14.5. The molecule has 3 fully saturated rings. The predicted octanol–water partition coefficient (Wildman–Crippen LogP) is 12.8. The molecule has 11 rings (SSSR count). The predicted molar refractivity (Wildman–Crippen MR) is 304 cm³/mol. The quantitative estimate of drug-likeness (QED) is 0.120. The van der Waals surface area contributed by atoms with Crippen LogP contribution in [0.5, 0.6) is 11.5 Å². The average Bonchev–Trinajstić information content (AvgIpc) is 4.28. The molecule has 0 aromatic heterocycles. The summed E-state index contributed by atoms with van der Waals surface area (Å²) in [6, 6.07) is 36.3. The first-order valence-electron chi connectivity index (χ1n) is 27.8. The van der Waals surface area contributed by atoms with Crippen molar-refractivity contribution in [3.05, 3.63) is 144 Å². The summed E-state index contributed by atoms with van der Waals surface area (Å²) < 4.78 is 11.1. The van der Waals surface area contributed by atoms with Gasteiger partial charge in [-0.05, 0) is 153 Å². The molecule has 5 aromatic rings. The minimum atomic E-state index is -0.750. The molecule has 77 heavy (non-hydrogen) atoms. The number of hydrogen-bond acceptors (Lipinski definition) is 8. The molecule has 6 atom stereocenters. The summed E-state index contributed by atoms with van der Waals surface area (Å²) in [6.07, 6.45) is 7.12. The lowest BCUT2D eigenvalue weighted by atomic mass is 9.73. The van der Waals surface area contributed by atoms with E-state index in [9.17, 15) is 19.2 Å². The van der Waals surface area contributed by atoms with Gasteiger partial charge in [0.2, 0.25) is 11.8 Å². The Morgan fingerprint density at radius 3 is 1.69 bits per heavy atom. The van der Waals surface area contributed by atoms with Crippen LogP contribution in [0.4, 0.5) is 15.3 Å². The first-order valence-corrected chi connectivity index (χ1v) is 27.8. The van der Waals surface area contributed by atoms with Gasteiger partial charge in [-0.25, -0.2) is 9.59 Å². The van der Waals surface area contributed by atoms with E-state index >= 15 is 0 Å². The highest BCUT2D eigenvalue weighted by Crippen LogP contribution is 2.56. The molecule has 0 bridgehead atoms. The smallest absolute Gasteiger partial charge is 0.410 e. The zero-order chi connectivity index (χ0) is 53.9. The maximum Gasteiger partial charge on any atom is 0.413 e. The summed E-state index contributed by atoms with van der Waals surface area (Å²) in [7, 11) is 0. The van der Waals surface area contributed by atoms with E-state index in [0.717, 1.165) is 47.5 Å². The largest absolute Gasteiger partial charge is 0.413 e. The third-order valence-electron chi connectivity index (χ3n) is 17.1. The molecular weight excluding hydrogens is 961 g/mol. The molecule has 12 heteroatoms. The van der Waals surface area contributed by atoms with Gasteiger partial charge in [0.25, 0.3) is 0 Å². The molecule has 12 nitrogen and oxygen atoms in total. The number of carbonyl (C=O) groups excluding carboxylic acids is 4.